The van der Waals surface area contributed by atoms with Crippen LogP contribution in [-0.2, 0) is 14.3 Å². The van der Waals surface area contributed by atoms with Gasteiger partial charge >= 0.3 is 0 Å². The molecule has 3 nitrogen and oxygen atoms in total. The normalized spacial score (nSPS) is 29.1. The molecule has 0 aliphatic carbocycles. The highest BCUT2D eigenvalue weighted by Gasteiger charge is 2.37. The van der Waals surface area contributed by atoms with Gasteiger partial charge < -0.3 is 9.47 Å². The first-order chi connectivity index (χ1) is 7.34. The highest BCUT2D eigenvalue weighted by atomic mass is 16.7. The van der Waals surface area contributed by atoms with Crippen LogP contribution in [0.2, 0.25) is 0 Å². The van der Waals surface area contributed by atoms with E-state index in [1.54, 1.807) is 0 Å². The Morgan fingerprint density at radius 1 is 1.20 bits per heavy atom. The molecule has 2 heterocycles. The minimum absolute atomic E-state index is 0.0668. The third kappa shape index (κ3) is 1.40. The fourth-order valence-corrected chi connectivity index (χ4v) is 1.90. The van der Waals surface area contributed by atoms with Crippen molar-refractivity contribution in [2.45, 2.75) is 12.4 Å². The molecule has 0 amide bonds. The van der Waals surface area contributed by atoms with Crippen LogP contribution in [0.25, 0.3) is 5.57 Å². The van der Waals surface area contributed by atoms with E-state index >= 15 is 0 Å². The number of hydrogen-bond acceptors (Lipinski definition) is 3. The van der Waals surface area contributed by atoms with Gasteiger partial charge in [-0.2, -0.15) is 0 Å². The van der Waals surface area contributed by atoms with Crippen molar-refractivity contribution in [3.8, 4) is 0 Å². The average molecular weight is 202 g/mol. The summed E-state index contributed by atoms with van der Waals surface area (Å²) < 4.78 is 10.5. The van der Waals surface area contributed by atoms with Gasteiger partial charge in [-0.25, -0.2) is 0 Å². The number of carbonyl (C=O) groups excluding carboxylic acids is 1. The van der Waals surface area contributed by atoms with E-state index in [9.17, 15) is 4.79 Å². The van der Waals surface area contributed by atoms with Crippen molar-refractivity contribution in [3.05, 3.63) is 42.0 Å². The third-order valence-electron chi connectivity index (χ3n) is 2.63. The van der Waals surface area contributed by atoms with Gasteiger partial charge in [0.2, 0.25) is 12.1 Å². The Balaban J connectivity index is 2.03. The van der Waals surface area contributed by atoms with Gasteiger partial charge in [-0.15, -0.1) is 0 Å². The van der Waals surface area contributed by atoms with Gasteiger partial charge in [-0.3, -0.25) is 4.79 Å². The zero-order valence-corrected chi connectivity index (χ0v) is 8.05. The van der Waals surface area contributed by atoms with E-state index in [0.29, 0.717) is 12.2 Å². The van der Waals surface area contributed by atoms with Gasteiger partial charge in [-0.1, -0.05) is 30.3 Å². The molecule has 15 heavy (non-hydrogen) atoms. The zero-order valence-electron chi connectivity index (χ0n) is 8.05. The van der Waals surface area contributed by atoms with E-state index in [4.69, 9.17) is 9.47 Å². The van der Waals surface area contributed by atoms with Crippen LogP contribution in [-0.4, -0.2) is 24.8 Å². The van der Waals surface area contributed by atoms with Crippen LogP contribution >= 0.6 is 0 Å². The number of rotatable bonds is 1. The van der Waals surface area contributed by atoms with Crippen LogP contribution in [0, 0.1) is 0 Å². The number of hydrogen-bond donors (Lipinski definition) is 0. The topological polar surface area (TPSA) is 35.5 Å². The van der Waals surface area contributed by atoms with Gasteiger partial charge in [0, 0.05) is 5.57 Å². The molecule has 1 aromatic rings. The first kappa shape index (κ1) is 8.83. The first-order valence-corrected chi connectivity index (χ1v) is 4.93. The highest BCUT2D eigenvalue weighted by Crippen LogP contribution is 2.29. The molecule has 76 valence electrons. The number of carbonyl (C=O) groups is 1. The van der Waals surface area contributed by atoms with E-state index in [1.165, 1.54) is 0 Å². The molecule has 0 aromatic heterocycles. The Labute approximate surface area is 87.3 Å². The van der Waals surface area contributed by atoms with Crippen LogP contribution in [0.1, 0.15) is 5.56 Å². The summed E-state index contributed by atoms with van der Waals surface area (Å²) in [6, 6.07) is 9.62. The highest BCUT2D eigenvalue weighted by molar-refractivity contribution is 6.23. The lowest BCUT2D eigenvalue weighted by Crippen LogP contribution is -2.27. The van der Waals surface area contributed by atoms with E-state index in [-0.39, 0.29) is 11.9 Å². The average Bonchev–Trinajstić information content (AvgIpc) is 2.69. The standard InChI is InChI=1S/C12H10O3/c13-11-10(8-4-2-1-3-5-8)6-9-7-14-12(11)15-9/h1-6,9,12H,7H2/t9-,12+/m0/s1. The molecule has 2 atom stereocenters. The molecule has 2 bridgehead atoms. The Bertz CT molecular complexity index is 422. The van der Waals surface area contributed by atoms with Crippen LogP contribution in [0.5, 0.6) is 0 Å². The zero-order chi connectivity index (χ0) is 10.3. The van der Waals surface area contributed by atoms with Crippen LogP contribution in [0.4, 0.5) is 0 Å². The predicted octanol–water partition coefficient (Wildman–Crippen LogP) is 1.39. The second-order valence-corrected chi connectivity index (χ2v) is 3.65. The van der Waals surface area contributed by atoms with Gasteiger partial charge in [0.15, 0.2) is 0 Å². The molecule has 1 fully saturated rings. The molecule has 2 aliphatic rings. The summed E-state index contributed by atoms with van der Waals surface area (Å²) in [6.45, 7) is 0.479. The maximum Gasteiger partial charge on any atom is 0.223 e. The quantitative estimate of drug-likeness (QED) is 0.690. The molecular weight excluding hydrogens is 192 g/mol. The number of benzene rings is 1. The Hall–Kier alpha value is -1.45. The predicted molar refractivity (Wildman–Crippen MR) is 54.0 cm³/mol. The molecule has 2 aliphatic heterocycles. The fraction of sp³-hybridized carbons (Fsp3) is 0.250. The third-order valence-corrected chi connectivity index (χ3v) is 2.63. The number of ketones is 1. The molecule has 0 spiro atoms. The van der Waals surface area contributed by atoms with E-state index in [1.807, 2.05) is 36.4 Å². The summed E-state index contributed by atoms with van der Waals surface area (Å²) in [6.07, 6.45) is 1.10. The fourth-order valence-electron chi connectivity index (χ4n) is 1.90. The first-order valence-electron chi connectivity index (χ1n) is 4.93. The Morgan fingerprint density at radius 3 is 2.80 bits per heavy atom. The molecule has 0 radical (unpaired) electrons. The van der Waals surface area contributed by atoms with Gasteiger partial charge in [0.1, 0.15) is 6.10 Å². The summed E-state index contributed by atoms with van der Waals surface area (Å²) in [5.74, 6) is -0.0741. The van der Waals surface area contributed by atoms with Crippen LogP contribution < -0.4 is 0 Å². The molecule has 3 heteroatoms. The largest absolute Gasteiger partial charge is 0.343 e. The summed E-state index contributed by atoms with van der Waals surface area (Å²) in [7, 11) is 0. The van der Waals surface area contributed by atoms with Crippen molar-refractivity contribution in [2.75, 3.05) is 6.61 Å². The molecule has 3 rings (SSSR count). The minimum Gasteiger partial charge on any atom is -0.343 e. The van der Waals surface area contributed by atoms with Crippen molar-refractivity contribution >= 4 is 11.4 Å². The second kappa shape index (κ2) is 3.29. The van der Waals surface area contributed by atoms with E-state index < -0.39 is 6.29 Å². The van der Waals surface area contributed by atoms with Crippen molar-refractivity contribution in [1.29, 1.82) is 0 Å². The van der Waals surface area contributed by atoms with Crippen molar-refractivity contribution < 1.29 is 14.3 Å². The van der Waals surface area contributed by atoms with Gasteiger partial charge in [0.05, 0.1) is 6.61 Å². The lowest BCUT2D eigenvalue weighted by molar-refractivity contribution is -0.140. The molecule has 0 saturated carbocycles. The number of fused-ring (bicyclic) bond motifs is 2. The number of Topliss-reactive ketones (excluding diaryl/α,β-unsaturated/α-hetero) is 1. The monoisotopic (exact) mass is 202 g/mol. The summed E-state index contributed by atoms with van der Waals surface area (Å²) >= 11 is 0. The Kier molecular flexibility index (Phi) is 1.94. The molecule has 1 aromatic carbocycles. The SMILES string of the molecule is O=C1C(c2ccccc2)=C[C@H]2CO[C@@H]1O2. The van der Waals surface area contributed by atoms with Crippen LogP contribution in [0.3, 0.4) is 0 Å². The lowest BCUT2D eigenvalue weighted by atomic mass is 9.99. The van der Waals surface area contributed by atoms with E-state index in [0.717, 1.165) is 5.56 Å². The maximum absolute atomic E-state index is 11.9. The summed E-state index contributed by atoms with van der Waals surface area (Å²) in [5, 5.41) is 0. The molecule has 1 saturated heterocycles. The maximum atomic E-state index is 11.9. The minimum atomic E-state index is -0.685. The molecular formula is C12H10O3. The second-order valence-electron chi connectivity index (χ2n) is 3.65. The molecule has 0 unspecified atom stereocenters. The van der Waals surface area contributed by atoms with E-state index in [2.05, 4.69) is 0 Å². The van der Waals surface area contributed by atoms with Crippen LogP contribution in [0.15, 0.2) is 36.4 Å². The Morgan fingerprint density at radius 2 is 2.00 bits per heavy atom. The van der Waals surface area contributed by atoms with Gasteiger partial charge in [0.25, 0.3) is 0 Å². The number of ether oxygens (including phenoxy) is 2. The smallest absolute Gasteiger partial charge is 0.223 e. The molecule has 0 N–H and O–H groups in total. The van der Waals surface area contributed by atoms with Gasteiger partial charge in [-0.05, 0) is 11.6 Å². The van der Waals surface area contributed by atoms with Crippen molar-refractivity contribution in [3.63, 3.8) is 0 Å². The van der Waals surface area contributed by atoms with Crippen molar-refractivity contribution in [2.24, 2.45) is 0 Å². The lowest BCUT2D eigenvalue weighted by Gasteiger charge is -2.17. The van der Waals surface area contributed by atoms with Crippen molar-refractivity contribution in [1.82, 2.24) is 0 Å². The summed E-state index contributed by atoms with van der Waals surface area (Å²) in [5.41, 5.74) is 1.65. The summed E-state index contributed by atoms with van der Waals surface area (Å²) in [4.78, 5) is 11.9.